The first-order valence-corrected chi connectivity index (χ1v) is 15.1. The number of aromatic nitrogens is 5. The van der Waals surface area contributed by atoms with Crippen LogP contribution < -0.4 is 4.90 Å². The largest absolute Gasteiger partial charge is 0.442 e. The van der Waals surface area contributed by atoms with Crippen molar-refractivity contribution in [1.29, 1.82) is 0 Å². The van der Waals surface area contributed by atoms with E-state index in [1.54, 1.807) is 53.7 Å². The molecule has 14 nitrogen and oxygen atoms in total. The Morgan fingerprint density at radius 3 is 2.39 bits per heavy atom. The molecule has 238 valence electrons. The highest BCUT2D eigenvalue weighted by Gasteiger charge is 2.33. The van der Waals surface area contributed by atoms with Gasteiger partial charge in [-0.15, -0.1) is 5.10 Å². The van der Waals surface area contributed by atoms with Crippen LogP contribution in [-0.4, -0.2) is 90.8 Å². The predicted molar refractivity (Wildman–Crippen MR) is 165 cm³/mol. The van der Waals surface area contributed by atoms with E-state index in [2.05, 4.69) is 46.5 Å². The number of cyclic esters (lactones) is 1. The first-order valence-electron chi connectivity index (χ1n) is 14.3. The number of benzene rings is 1. The number of oxime groups is 2. The van der Waals surface area contributed by atoms with Gasteiger partial charge in [-0.3, -0.25) is 14.9 Å². The van der Waals surface area contributed by atoms with Crippen molar-refractivity contribution < 1.29 is 33.8 Å². The zero-order valence-corrected chi connectivity index (χ0v) is 25.8. The van der Waals surface area contributed by atoms with Gasteiger partial charge in [-0.25, -0.2) is 13.9 Å². The molecule has 46 heavy (non-hydrogen) atoms. The predicted octanol–water partition coefficient (Wildman–Crippen LogP) is 3.32. The summed E-state index contributed by atoms with van der Waals surface area (Å²) in [6.07, 6.45) is 5.92. The molecular formula is C30H28BrFN8O6. The van der Waals surface area contributed by atoms with Crippen molar-refractivity contribution in [2.75, 3.05) is 24.7 Å². The summed E-state index contributed by atoms with van der Waals surface area (Å²) in [6.45, 7) is 0.457. The average molecular weight is 696 g/mol. The highest BCUT2D eigenvalue weighted by atomic mass is 79.9. The third-order valence-corrected chi connectivity index (χ3v) is 7.74. The van der Waals surface area contributed by atoms with Crippen LogP contribution >= 0.6 is 15.9 Å². The molecule has 6 heterocycles. The Balaban J connectivity index is 0.000000221. The van der Waals surface area contributed by atoms with E-state index in [1.807, 2.05) is 12.1 Å². The fourth-order valence-corrected chi connectivity index (χ4v) is 5.23. The Morgan fingerprint density at radius 2 is 1.72 bits per heavy atom. The topological polar surface area (TPSA) is 170 Å². The van der Waals surface area contributed by atoms with Crippen molar-refractivity contribution in [2.24, 2.45) is 10.3 Å². The molecule has 2 N–H and O–H groups in total. The number of carbonyl (C=O) groups excluding carboxylic acids is 1. The molecule has 3 atom stereocenters. The standard InChI is InChI=1S/C21H19FN6O4.C9H9BrN2O2/c22-18-8-13(28-11-15(31-21(28)30)10-27-7-6-24-26-27)3-4-16(18)17-2-1-5-23-20(17)19-9-14(12-29)32-25-19;10-6-1-2-8(11-4-6)9-3-7(5-13)14-12-9/h1-8,14-15,29H,9-12H2;1-2,4,7,13H,3,5H2/t14-,15-;7-/m00/s1. The van der Waals surface area contributed by atoms with Crippen LogP contribution in [-0.2, 0) is 21.0 Å². The summed E-state index contributed by atoms with van der Waals surface area (Å²) in [4.78, 5) is 32.4. The molecule has 0 unspecified atom stereocenters. The van der Waals surface area contributed by atoms with E-state index in [4.69, 9.17) is 19.5 Å². The molecule has 1 aromatic carbocycles. The zero-order chi connectivity index (χ0) is 32.0. The van der Waals surface area contributed by atoms with Crippen LogP contribution in [0.15, 0.2) is 82.0 Å². The molecular weight excluding hydrogens is 667 g/mol. The van der Waals surface area contributed by atoms with Gasteiger partial charge in [-0.05, 0) is 52.3 Å². The second-order valence-corrected chi connectivity index (χ2v) is 11.4. The Bertz CT molecular complexity index is 1740. The third kappa shape index (κ3) is 7.03. The van der Waals surface area contributed by atoms with Gasteiger partial charge >= 0.3 is 6.09 Å². The van der Waals surface area contributed by atoms with Gasteiger partial charge in [0.2, 0.25) is 0 Å². The maximum absolute atomic E-state index is 15.2. The lowest BCUT2D eigenvalue weighted by Gasteiger charge is -2.15. The number of anilines is 1. The van der Waals surface area contributed by atoms with Crippen LogP contribution in [0.4, 0.5) is 14.9 Å². The summed E-state index contributed by atoms with van der Waals surface area (Å²) >= 11 is 3.31. The van der Waals surface area contributed by atoms with Crippen LogP contribution in [0.5, 0.6) is 0 Å². The quantitative estimate of drug-likeness (QED) is 0.279. The van der Waals surface area contributed by atoms with E-state index >= 15 is 4.39 Å². The summed E-state index contributed by atoms with van der Waals surface area (Å²) in [5.41, 5.74) is 3.88. The minimum absolute atomic E-state index is 0.0104. The maximum Gasteiger partial charge on any atom is 0.414 e. The lowest BCUT2D eigenvalue weighted by atomic mass is 9.98. The second-order valence-electron chi connectivity index (χ2n) is 10.5. The van der Waals surface area contributed by atoms with Gasteiger partial charge in [0.15, 0.2) is 12.2 Å². The first-order chi connectivity index (χ1) is 22.4. The number of hydrogen-bond donors (Lipinski definition) is 2. The van der Waals surface area contributed by atoms with E-state index in [0.717, 1.165) is 15.9 Å². The Hall–Kier alpha value is -4.80. The van der Waals surface area contributed by atoms with Gasteiger partial charge in [0.1, 0.15) is 23.3 Å². The number of pyridine rings is 2. The number of ether oxygens (including phenoxy) is 1. The highest BCUT2D eigenvalue weighted by Crippen LogP contribution is 2.32. The van der Waals surface area contributed by atoms with E-state index in [-0.39, 0.29) is 25.9 Å². The number of aliphatic hydroxyl groups is 2. The van der Waals surface area contributed by atoms with Gasteiger partial charge in [0.25, 0.3) is 0 Å². The highest BCUT2D eigenvalue weighted by molar-refractivity contribution is 9.10. The molecule has 7 rings (SSSR count). The van der Waals surface area contributed by atoms with E-state index in [9.17, 15) is 9.90 Å². The molecule has 0 aliphatic carbocycles. The number of halogens is 2. The summed E-state index contributed by atoms with van der Waals surface area (Å²) in [6, 6.07) is 11.8. The molecule has 3 aromatic heterocycles. The number of aliphatic hydroxyl groups excluding tert-OH is 2. The van der Waals surface area contributed by atoms with Crippen molar-refractivity contribution in [2.45, 2.75) is 37.7 Å². The van der Waals surface area contributed by atoms with Gasteiger partial charge in [0.05, 0.1) is 49.6 Å². The fraction of sp³-hybridized carbons (Fsp3) is 0.300. The fourth-order valence-electron chi connectivity index (χ4n) is 5.00. The first kappa shape index (κ1) is 31.2. The van der Waals surface area contributed by atoms with Crippen molar-refractivity contribution in [3.8, 4) is 11.1 Å². The van der Waals surface area contributed by atoms with Gasteiger partial charge in [-0.2, -0.15) is 0 Å². The van der Waals surface area contributed by atoms with Crippen LogP contribution in [0, 0.1) is 5.82 Å². The van der Waals surface area contributed by atoms with Crippen LogP contribution in [0.3, 0.4) is 0 Å². The van der Waals surface area contributed by atoms with E-state index < -0.39 is 24.1 Å². The monoisotopic (exact) mass is 694 g/mol. The summed E-state index contributed by atoms with van der Waals surface area (Å²) in [5.74, 6) is -0.512. The van der Waals surface area contributed by atoms with Gasteiger partial charge < -0.3 is 24.6 Å². The van der Waals surface area contributed by atoms with Gasteiger partial charge in [-0.1, -0.05) is 21.6 Å². The second kappa shape index (κ2) is 14.1. The molecule has 4 aromatic rings. The van der Waals surface area contributed by atoms with E-state index in [0.29, 0.717) is 47.6 Å². The number of nitrogens with zero attached hydrogens (tertiary/aromatic N) is 8. The van der Waals surface area contributed by atoms with Crippen LogP contribution in [0.1, 0.15) is 24.2 Å². The SMILES string of the molecule is O=C1O[C@@H](Cn2ccnn2)CN1c1ccc(-c2cccnc2C2=NO[C@H](CO)C2)c(F)c1.OC[C@@H]1CC(c2ccc(Br)cn2)=NO1. The van der Waals surface area contributed by atoms with Crippen molar-refractivity contribution >= 4 is 39.1 Å². The smallest absolute Gasteiger partial charge is 0.414 e. The minimum atomic E-state index is -0.545. The number of amides is 1. The number of rotatable bonds is 8. The maximum atomic E-state index is 15.2. The molecule has 3 aliphatic rings. The molecule has 0 spiro atoms. The third-order valence-electron chi connectivity index (χ3n) is 7.27. The molecule has 1 saturated heterocycles. The minimum Gasteiger partial charge on any atom is -0.442 e. The van der Waals surface area contributed by atoms with Gasteiger partial charge in [0, 0.05) is 47.0 Å². The summed E-state index contributed by atoms with van der Waals surface area (Å²) < 4.78 is 23.1. The zero-order valence-electron chi connectivity index (χ0n) is 24.2. The van der Waals surface area contributed by atoms with Crippen LogP contribution in [0.2, 0.25) is 0 Å². The summed E-state index contributed by atoms with van der Waals surface area (Å²) in [5, 5.41) is 33.6. The number of hydrogen-bond acceptors (Lipinski definition) is 12. The molecule has 0 saturated carbocycles. The van der Waals surface area contributed by atoms with Crippen molar-refractivity contribution in [1.82, 2.24) is 25.0 Å². The molecule has 1 fully saturated rings. The normalized spacial score (nSPS) is 20.3. The Morgan fingerprint density at radius 1 is 0.935 bits per heavy atom. The lowest BCUT2D eigenvalue weighted by Crippen LogP contribution is -2.26. The molecule has 0 bridgehead atoms. The average Bonchev–Trinajstić information content (AvgIpc) is 3.90. The van der Waals surface area contributed by atoms with Crippen LogP contribution in [0.25, 0.3) is 11.1 Å². The summed E-state index contributed by atoms with van der Waals surface area (Å²) in [7, 11) is 0. The Kier molecular flexibility index (Phi) is 9.56. The molecule has 16 heteroatoms. The molecule has 1 amide bonds. The van der Waals surface area contributed by atoms with E-state index in [1.165, 1.54) is 11.0 Å². The Labute approximate surface area is 270 Å². The van der Waals surface area contributed by atoms with Crippen molar-refractivity contribution in [3.05, 3.63) is 88.9 Å². The van der Waals surface area contributed by atoms with Crippen molar-refractivity contribution in [3.63, 3.8) is 0 Å². The lowest BCUT2D eigenvalue weighted by molar-refractivity contribution is 0.0390. The number of carbonyl (C=O) groups is 1. The molecule has 3 aliphatic heterocycles. The molecule has 0 radical (unpaired) electrons.